The molecule has 0 fully saturated rings. The number of methoxy groups -OCH3 is 1. The van der Waals surface area contributed by atoms with E-state index < -0.39 is 15.9 Å². The standard InChI is InChI=1S/C33H37N3O5S/c1-6-10-25(28-21-34-29-18-15-23(19-27(28)29)12-9-14-32(37)36(3)4)26-17-16-24(20-30(26)41-5)33(38)35-42(39,40)31-13-8-7-11-22(31)2/h7-9,11-13,15-21,25,34H,6,10,14H2,1-5H3,(H,35,38)/b12-9+. The number of aryl methyl sites for hydroxylation is 1. The summed E-state index contributed by atoms with van der Waals surface area (Å²) < 4.78 is 33.7. The number of hydrogen-bond acceptors (Lipinski definition) is 5. The number of rotatable bonds is 11. The SMILES string of the molecule is CCCC(c1ccc(C(=O)NS(=O)(=O)c2ccccc2C)cc1OC)c1c[nH]c2ccc(/C=C/CC(=O)N(C)C)cc12. The molecule has 4 aromatic rings. The number of sulfonamides is 1. The van der Waals surface area contributed by atoms with Gasteiger partial charge in [0.2, 0.25) is 5.91 Å². The van der Waals surface area contributed by atoms with Crippen LogP contribution in [0.3, 0.4) is 0 Å². The third kappa shape index (κ3) is 6.74. The van der Waals surface area contributed by atoms with Crippen LogP contribution in [0.15, 0.2) is 77.8 Å². The lowest BCUT2D eigenvalue weighted by molar-refractivity contribution is -0.127. The topological polar surface area (TPSA) is 109 Å². The molecule has 1 aromatic heterocycles. The largest absolute Gasteiger partial charge is 0.496 e. The van der Waals surface area contributed by atoms with E-state index in [4.69, 9.17) is 4.74 Å². The van der Waals surface area contributed by atoms with Gasteiger partial charge in [0.1, 0.15) is 5.75 Å². The van der Waals surface area contributed by atoms with Crippen LogP contribution in [-0.4, -0.2) is 51.3 Å². The summed E-state index contributed by atoms with van der Waals surface area (Å²) in [5.74, 6) is -0.232. The second kappa shape index (κ2) is 13.1. The van der Waals surface area contributed by atoms with E-state index in [0.29, 0.717) is 17.7 Å². The van der Waals surface area contributed by atoms with Gasteiger partial charge in [-0.05, 0) is 60.4 Å². The van der Waals surface area contributed by atoms with Gasteiger partial charge >= 0.3 is 0 Å². The molecule has 9 heteroatoms. The number of amides is 2. The fourth-order valence-electron chi connectivity index (χ4n) is 5.03. The highest BCUT2D eigenvalue weighted by atomic mass is 32.2. The molecule has 0 aliphatic heterocycles. The van der Waals surface area contributed by atoms with Gasteiger partial charge in [0, 0.05) is 54.7 Å². The molecule has 0 radical (unpaired) electrons. The smallest absolute Gasteiger partial charge is 0.265 e. The van der Waals surface area contributed by atoms with Crippen molar-refractivity contribution in [2.45, 2.75) is 43.9 Å². The summed E-state index contributed by atoms with van der Waals surface area (Å²) in [6.07, 6.45) is 7.88. The maximum atomic E-state index is 13.0. The normalized spacial score (nSPS) is 12.4. The summed E-state index contributed by atoms with van der Waals surface area (Å²) in [5, 5.41) is 1.06. The molecule has 0 aliphatic rings. The van der Waals surface area contributed by atoms with Gasteiger partial charge in [0.15, 0.2) is 0 Å². The van der Waals surface area contributed by atoms with Crippen molar-refractivity contribution in [3.63, 3.8) is 0 Å². The molecule has 2 amide bonds. The Morgan fingerprint density at radius 2 is 1.81 bits per heavy atom. The van der Waals surface area contributed by atoms with Crippen LogP contribution < -0.4 is 9.46 Å². The highest BCUT2D eigenvalue weighted by Gasteiger charge is 2.24. The van der Waals surface area contributed by atoms with Crippen molar-refractivity contribution in [1.82, 2.24) is 14.6 Å². The monoisotopic (exact) mass is 587 g/mol. The first-order valence-corrected chi connectivity index (χ1v) is 15.3. The molecule has 220 valence electrons. The molecule has 8 nitrogen and oxygen atoms in total. The van der Waals surface area contributed by atoms with Gasteiger partial charge in [-0.15, -0.1) is 0 Å². The van der Waals surface area contributed by atoms with Crippen molar-refractivity contribution < 1.29 is 22.7 Å². The van der Waals surface area contributed by atoms with E-state index >= 15 is 0 Å². The Morgan fingerprint density at radius 1 is 1.05 bits per heavy atom. The molecular formula is C33H37N3O5S. The quantitative estimate of drug-likeness (QED) is 0.223. The van der Waals surface area contributed by atoms with E-state index in [1.165, 1.54) is 6.07 Å². The Labute approximate surface area is 247 Å². The molecule has 1 heterocycles. The summed E-state index contributed by atoms with van der Waals surface area (Å²) in [6, 6.07) is 17.7. The molecule has 2 N–H and O–H groups in total. The lowest BCUT2D eigenvalue weighted by Gasteiger charge is -2.20. The Kier molecular flexibility index (Phi) is 9.52. The van der Waals surface area contributed by atoms with Gasteiger partial charge in [0.25, 0.3) is 15.9 Å². The predicted octanol–water partition coefficient (Wildman–Crippen LogP) is 6.03. The van der Waals surface area contributed by atoms with Crippen molar-refractivity contribution in [3.8, 4) is 5.75 Å². The van der Waals surface area contributed by atoms with Gasteiger partial charge < -0.3 is 14.6 Å². The minimum atomic E-state index is -4.04. The molecule has 3 aromatic carbocycles. The number of hydrogen-bond donors (Lipinski definition) is 2. The average Bonchev–Trinajstić information content (AvgIpc) is 3.38. The first-order valence-electron chi connectivity index (χ1n) is 13.8. The van der Waals surface area contributed by atoms with E-state index in [1.807, 2.05) is 36.5 Å². The number of nitrogens with one attached hydrogen (secondary N) is 2. The fourth-order valence-corrected chi connectivity index (χ4v) is 6.25. The Hall–Kier alpha value is -4.37. The number of carbonyl (C=O) groups is 2. The zero-order chi connectivity index (χ0) is 30.4. The summed E-state index contributed by atoms with van der Waals surface area (Å²) in [4.78, 5) is 30.0. The first kappa shape index (κ1) is 30.6. The second-order valence-corrected chi connectivity index (χ2v) is 12.1. The summed E-state index contributed by atoms with van der Waals surface area (Å²) in [6.45, 7) is 3.79. The average molecular weight is 588 g/mol. The van der Waals surface area contributed by atoms with E-state index in [-0.39, 0.29) is 22.3 Å². The van der Waals surface area contributed by atoms with Crippen LogP contribution in [0.4, 0.5) is 0 Å². The Bertz CT molecular complexity index is 1740. The molecule has 0 saturated carbocycles. The zero-order valence-corrected chi connectivity index (χ0v) is 25.4. The van der Waals surface area contributed by atoms with Crippen LogP contribution in [-0.2, 0) is 14.8 Å². The van der Waals surface area contributed by atoms with Crippen LogP contribution >= 0.6 is 0 Å². The van der Waals surface area contributed by atoms with Crippen LogP contribution in [0.1, 0.15) is 64.7 Å². The van der Waals surface area contributed by atoms with Crippen molar-refractivity contribution >= 4 is 38.8 Å². The number of benzene rings is 3. The van der Waals surface area contributed by atoms with Crippen LogP contribution in [0.2, 0.25) is 0 Å². The van der Waals surface area contributed by atoms with Gasteiger partial charge in [-0.1, -0.05) is 55.8 Å². The molecule has 0 saturated heterocycles. The lowest BCUT2D eigenvalue weighted by atomic mass is 9.86. The molecule has 42 heavy (non-hydrogen) atoms. The van der Waals surface area contributed by atoms with Crippen LogP contribution in [0.5, 0.6) is 5.75 Å². The summed E-state index contributed by atoms with van der Waals surface area (Å²) in [7, 11) is 0.976. The molecule has 4 rings (SSSR count). The highest BCUT2D eigenvalue weighted by molar-refractivity contribution is 7.90. The number of H-pyrrole nitrogens is 1. The summed E-state index contributed by atoms with van der Waals surface area (Å²) in [5.41, 5.74) is 4.69. The van der Waals surface area contributed by atoms with E-state index in [1.54, 1.807) is 63.4 Å². The van der Waals surface area contributed by atoms with E-state index in [0.717, 1.165) is 40.4 Å². The Morgan fingerprint density at radius 3 is 2.50 bits per heavy atom. The zero-order valence-electron chi connectivity index (χ0n) is 24.6. The van der Waals surface area contributed by atoms with Crippen LogP contribution in [0.25, 0.3) is 17.0 Å². The fraction of sp³-hybridized carbons (Fsp3) is 0.273. The van der Waals surface area contributed by atoms with E-state index in [2.05, 4.69) is 22.7 Å². The lowest BCUT2D eigenvalue weighted by Crippen LogP contribution is -2.31. The van der Waals surface area contributed by atoms with Gasteiger partial charge in [-0.3, -0.25) is 9.59 Å². The molecule has 0 bridgehead atoms. The highest BCUT2D eigenvalue weighted by Crippen LogP contribution is 2.39. The van der Waals surface area contributed by atoms with Crippen molar-refractivity contribution in [1.29, 1.82) is 0 Å². The third-order valence-corrected chi connectivity index (χ3v) is 8.76. The predicted molar refractivity (Wildman–Crippen MR) is 166 cm³/mol. The maximum Gasteiger partial charge on any atom is 0.265 e. The summed E-state index contributed by atoms with van der Waals surface area (Å²) >= 11 is 0. The van der Waals surface area contributed by atoms with Crippen molar-refractivity contribution in [2.24, 2.45) is 0 Å². The van der Waals surface area contributed by atoms with Gasteiger partial charge in [0.05, 0.1) is 12.0 Å². The van der Waals surface area contributed by atoms with Crippen LogP contribution in [0, 0.1) is 6.92 Å². The number of nitrogens with zero attached hydrogens (tertiary/aromatic N) is 1. The first-order chi connectivity index (χ1) is 20.1. The van der Waals surface area contributed by atoms with Crippen molar-refractivity contribution in [2.75, 3.05) is 21.2 Å². The van der Waals surface area contributed by atoms with E-state index in [9.17, 15) is 18.0 Å². The number of carbonyl (C=O) groups excluding carboxylic acids is 2. The third-order valence-electron chi connectivity index (χ3n) is 7.27. The number of aromatic nitrogens is 1. The molecule has 1 unspecified atom stereocenters. The minimum Gasteiger partial charge on any atom is -0.496 e. The maximum absolute atomic E-state index is 13.0. The van der Waals surface area contributed by atoms with Gasteiger partial charge in [-0.2, -0.15) is 0 Å². The molecule has 1 atom stereocenters. The number of aromatic amines is 1. The number of ether oxygens (including phenoxy) is 1. The Balaban J connectivity index is 1.65. The number of fused-ring (bicyclic) bond motifs is 1. The molecule has 0 spiro atoms. The molecular weight excluding hydrogens is 550 g/mol. The minimum absolute atomic E-state index is 0.0367. The van der Waals surface area contributed by atoms with Gasteiger partial charge in [-0.25, -0.2) is 13.1 Å². The molecule has 0 aliphatic carbocycles. The van der Waals surface area contributed by atoms with Crippen molar-refractivity contribution in [3.05, 3.63) is 101 Å². The second-order valence-electron chi connectivity index (χ2n) is 10.4.